The van der Waals surface area contributed by atoms with Crippen LogP contribution < -0.4 is 4.74 Å². The number of hydrogen-bond acceptors (Lipinski definition) is 3. The Bertz CT molecular complexity index is 431. The number of carboxylic acids is 1. The molecule has 0 amide bonds. The van der Waals surface area contributed by atoms with Gasteiger partial charge in [0.05, 0.1) is 12.0 Å². The number of carboxylic acid groups (broad SMARTS) is 1. The van der Waals surface area contributed by atoms with E-state index < -0.39 is 5.97 Å². The average Bonchev–Trinajstić information content (AvgIpc) is 2.37. The van der Waals surface area contributed by atoms with E-state index in [-0.39, 0.29) is 12.0 Å². The number of carbonyl (C=O) groups is 1. The minimum absolute atomic E-state index is 0.152. The van der Waals surface area contributed by atoms with E-state index >= 15 is 0 Å². The fraction of sp³-hybridized carbons (Fsp3) is 0.562. The Morgan fingerprint density at radius 3 is 2.60 bits per heavy atom. The Morgan fingerprint density at radius 1 is 1.35 bits per heavy atom. The predicted octanol–water partition coefficient (Wildman–Crippen LogP) is 3.02. The molecule has 0 saturated carbocycles. The van der Waals surface area contributed by atoms with Gasteiger partial charge in [-0.25, -0.2) is 0 Å². The second kappa shape index (κ2) is 7.90. The molecule has 0 aliphatic rings. The zero-order valence-electron chi connectivity index (χ0n) is 12.8. The third-order valence-corrected chi connectivity index (χ3v) is 3.08. The average molecular weight is 279 g/mol. The van der Waals surface area contributed by atoms with E-state index in [1.807, 2.05) is 45.0 Å². The molecule has 1 N–H and O–H groups in total. The zero-order valence-corrected chi connectivity index (χ0v) is 12.8. The molecule has 4 heteroatoms. The smallest absolute Gasteiger partial charge is 0.307 e. The predicted molar refractivity (Wildman–Crippen MR) is 80.0 cm³/mol. The molecule has 1 atom stereocenters. The zero-order chi connectivity index (χ0) is 15.1. The van der Waals surface area contributed by atoms with Crippen LogP contribution in [-0.2, 0) is 11.3 Å². The Balaban J connectivity index is 2.67. The standard InChI is InChI=1S/C16H25NO3/c1-5-17(10-13(4)16(18)19)11-14-7-6-8-15(9-14)20-12(2)3/h6-9,12-13H,5,10-11H2,1-4H3,(H,18,19). The summed E-state index contributed by atoms with van der Waals surface area (Å²) in [6.07, 6.45) is 0.152. The van der Waals surface area contributed by atoms with Crippen LogP contribution in [0.4, 0.5) is 0 Å². The molecule has 0 spiro atoms. The van der Waals surface area contributed by atoms with Gasteiger partial charge >= 0.3 is 5.97 Å². The Morgan fingerprint density at radius 2 is 2.05 bits per heavy atom. The second-order valence-electron chi connectivity index (χ2n) is 5.38. The first-order valence-electron chi connectivity index (χ1n) is 7.13. The van der Waals surface area contributed by atoms with Crippen LogP contribution in [0.15, 0.2) is 24.3 Å². The van der Waals surface area contributed by atoms with E-state index in [4.69, 9.17) is 9.84 Å². The summed E-state index contributed by atoms with van der Waals surface area (Å²) in [5.41, 5.74) is 1.14. The number of aliphatic carboxylic acids is 1. The quantitative estimate of drug-likeness (QED) is 0.794. The van der Waals surface area contributed by atoms with Gasteiger partial charge in [0.2, 0.25) is 0 Å². The lowest BCUT2D eigenvalue weighted by Crippen LogP contribution is -2.31. The third kappa shape index (κ3) is 5.61. The van der Waals surface area contributed by atoms with Crippen molar-refractivity contribution >= 4 is 5.97 Å². The monoisotopic (exact) mass is 279 g/mol. The number of ether oxygens (including phenoxy) is 1. The van der Waals surface area contributed by atoms with Crippen LogP contribution in [0.2, 0.25) is 0 Å². The minimum Gasteiger partial charge on any atom is -0.491 e. The molecule has 1 unspecified atom stereocenters. The van der Waals surface area contributed by atoms with Crippen molar-refractivity contribution in [2.45, 2.75) is 40.3 Å². The number of benzene rings is 1. The van der Waals surface area contributed by atoms with Gasteiger partial charge in [0.1, 0.15) is 5.75 Å². The van der Waals surface area contributed by atoms with E-state index in [9.17, 15) is 4.79 Å². The van der Waals surface area contributed by atoms with E-state index in [0.717, 1.165) is 24.4 Å². The summed E-state index contributed by atoms with van der Waals surface area (Å²) >= 11 is 0. The van der Waals surface area contributed by atoms with Crippen molar-refractivity contribution in [2.75, 3.05) is 13.1 Å². The summed E-state index contributed by atoms with van der Waals surface area (Å²) in [7, 11) is 0. The normalized spacial score (nSPS) is 12.7. The maximum atomic E-state index is 10.9. The largest absolute Gasteiger partial charge is 0.491 e. The molecule has 0 aromatic heterocycles. The van der Waals surface area contributed by atoms with Gasteiger partial charge in [-0.2, -0.15) is 0 Å². The Hall–Kier alpha value is -1.55. The van der Waals surface area contributed by atoms with E-state index in [2.05, 4.69) is 4.90 Å². The molecular formula is C16H25NO3. The highest BCUT2D eigenvalue weighted by molar-refractivity contribution is 5.69. The van der Waals surface area contributed by atoms with Crippen molar-refractivity contribution in [2.24, 2.45) is 5.92 Å². The van der Waals surface area contributed by atoms with Crippen molar-refractivity contribution in [3.63, 3.8) is 0 Å². The van der Waals surface area contributed by atoms with Gasteiger partial charge in [0.25, 0.3) is 0 Å². The van der Waals surface area contributed by atoms with Crippen LogP contribution in [0.5, 0.6) is 5.75 Å². The first kappa shape index (κ1) is 16.5. The SMILES string of the molecule is CCN(Cc1cccc(OC(C)C)c1)CC(C)C(=O)O. The topological polar surface area (TPSA) is 49.8 Å². The summed E-state index contributed by atoms with van der Waals surface area (Å²) in [6, 6.07) is 7.98. The van der Waals surface area contributed by atoms with Crippen LogP contribution in [0, 0.1) is 5.92 Å². The van der Waals surface area contributed by atoms with Crippen molar-refractivity contribution in [1.82, 2.24) is 4.90 Å². The highest BCUT2D eigenvalue weighted by atomic mass is 16.5. The molecule has 112 valence electrons. The van der Waals surface area contributed by atoms with Gasteiger partial charge in [-0.05, 0) is 38.1 Å². The van der Waals surface area contributed by atoms with Gasteiger partial charge in [0, 0.05) is 13.1 Å². The molecule has 20 heavy (non-hydrogen) atoms. The Labute approximate surface area is 121 Å². The molecule has 1 rings (SSSR count). The van der Waals surface area contributed by atoms with Gasteiger partial charge in [-0.15, -0.1) is 0 Å². The van der Waals surface area contributed by atoms with Crippen molar-refractivity contribution < 1.29 is 14.6 Å². The van der Waals surface area contributed by atoms with E-state index in [1.165, 1.54) is 0 Å². The second-order valence-corrected chi connectivity index (χ2v) is 5.38. The minimum atomic E-state index is -0.750. The lowest BCUT2D eigenvalue weighted by Gasteiger charge is -2.23. The summed E-state index contributed by atoms with van der Waals surface area (Å²) < 4.78 is 5.68. The fourth-order valence-corrected chi connectivity index (χ4v) is 2.02. The molecule has 1 aromatic carbocycles. The van der Waals surface area contributed by atoms with Gasteiger partial charge in [-0.3, -0.25) is 9.69 Å². The van der Waals surface area contributed by atoms with Gasteiger partial charge < -0.3 is 9.84 Å². The maximum Gasteiger partial charge on any atom is 0.307 e. The summed E-state index contributed by atoms with van der Waals surface area (Å²) in [5, 5.41) is 8.99. The fourth-order valence-electron chi connectivity index (χ4n) is 2.02. The lowest BCUT2D eigenvalue weighted by atomic mass is 10.1. The van der Waals surface area contributed by atoms with E-state index in [1.54, 1.807) is 6.92 Å². The molecule has 0 radical (unpaired) electrons. The molecule has 0 fully saturated rings. The van der Waals surface area contributed by atoms with Crippen molar-refractivity contribution in [3.8, 4) is 5.75 Å². The summed E-state index contributed by atoms with van der Waals surface area (Å²) in [5.74, 6) is -0.245. The molecule has 1 aromatic rings. The number of nitrogens with zero attached hydrogens (tertiary/aromatic N) is 1. The summed E-state index contributed by atoms with van der Waals surface area (Å²) in [6.45, 7) is 9.91. The van der Waals surface area contributed by atoms with Crippen LogP contribution in [0.3, 0.4) is 0 Å². The molecule has 0 saturated heterocycles. The first-order chi connectivity index (χ1) is 9.42. The molecule has 4 nitrogen and oxygen atoms in total. The molecule has 0 heterocycles. The first-order valence-corrected chi connectivity index (χ1v) is 7.13. The van der Waals surface area contributed by atoms with Crippen LogP contribution in [0.1, 0.15) is 33.3 Å². The molecule has 0 aliphatic heterocycles. The van der Waals surface area contributed by atoms with Gasteiger partial charge in [-0.1, -0.05) is 26.0 Å². The highest BCUT2D eigenvalue weighted by Crippen LogP contribution is 2.17. The molecular weight excluding hydrogens is 254 g/mol. The van der Waals surface area contributed by atoms with Crippen molar-refractivity contribution in [3.05, 3.63) is 29.8 Å². The third-order valence-electron chi connectivity index (χ3n) is 3.08. The van der Waals surface area contributed by atoms with Crippen LogP contribution in [0.25, 0.3) is 0 Å². The van der Waals surface area contributed by atoms with Crippen LogP contribution in [-0.4, -0.2) is 35.2 Å². The lowest BCUT2D eigenvalue weighted by molar-refractivity contribution is -0.141. The molecule has 0 aliphatic carbocycles. The Kier molecular flexibility index (Phi) is 6.52. The van der Waals surface area contributed by atoms with Crippen molar-refractivity contribution in [1.29, 1.82) is 0 Å². The maximum absolute atomic E-state index is 10.9. The van der Waals surface area contributed by atoms with Gasteiger partial charge in [0.15, 0.2) is 0 Å². The van der Waals surface area contributed by atoms with E-state index in [0.29, 0.717) is 6.54 Å². The highest BCUT2D eigenvalue weighted by Gasteiger charge is 2.15. The summed E-state index contributed by atoms with van der Waals surface area (Å²) in [4.78, 5) is 13.1. The number of rotatable bonds is 8. The number of hydrogen-bond donors (Lipinski definition) is 1. The van der Waals surface area contributed by atoms with Crippen LogP contribution >= 0.6 is 0 Å². The molecule has 0 bridgehead atoms.